The van der Waals surface area contributed by atoms with Crippen LogP contribution in [-0.4, -0.2) is 42.2 Å². The Morgan fingerprint density at radius 3 is 3.11 bits per heavy atom. The maximum Gasteiger partial charge on any atom is 0.410 e. The molecule has 98 valence electrons. The summed E-state index contributed by atoms with van der Waals surface area (Å²) in [5.41, 5.74) is 2.02. The van der Waals surface area contributed by atoms with E-state index in [4.69, 9.17) is 4.74 Å². The summed E-state index contributed by atoms with van der Waals surface area (Å²) in [6.07, 6.45) is 1.59. The van der Waals surface area contributed by atoms with Crippen LogP contribution in [0.25, 0.3) is 0 Å². The van der Waals surface area contributed by atoms with Gasteiger partial charge in [-0.15, -0.1) is 0 Å². The number of aryl methyl sites for hydroxylation is 1. The van der Waals surface area contributed by atoms with E-state index >= 15 is 0 Å². The van der Waals surface area contributed by atoms with Crippen LogP contribution in [0, 0.1) is 6.92 Å². The van der Waals surface area contributed by atoms with E-state index in [2.05, 4.69) is 10.3 Å². The molecule has 0 aromatic carbocycles. The minimum absolute atomic E-state index is 0.00546. The molecule has 1 saturated heterocycles. The van der Waals surface area contributed by atoms with E-state index in [-0.39, 0.29) is 12.1 Å². The Morgan fingerprint density at radius 2 is 2.44 bits per heavy atom. The highest BCUT2D eigenvalue weighted by Crippen LogP contribution is 2.22. The Kier molecular flexibility index (Phi) is 4.15. The molecule has 1 N–H and O–H groups in total. The Hall–Kier alpha value is -1.62. The third kappa shape index (κ3) is 2.79. The fourth-order valence-corrected chi connectivity index (χ4v) is 2.10. The van der Waals surface area contributed by atoms with Gasteiger partial charge in [0.05, 0.1) is 12.6 Å². The molecule has 5 nitrogen and oxygen atoms in total. The van der Waals surface area contributed by atoms with Crippen molar-refractivity contribution >= 4 is 6.09 Å². The highest BCUT2D eigenvalue weighted by Gasteiger charge is 2.28. The van der Waals surface area contributed by atoms with Gasteiger partial charge in [-0.3, -0.25) is 9.88 Å². The van der Waals surface area contributed by atoms with E-state index in [9.17, 15) is 4.79 Å². The van der Waals surface area contributed by atoms with Crippen molar-refractivity contribution in [1.82, 2.24) is 15.2 Å². The summed E-state index contributed by atoms with van der Waals surface area (Å²) in [5.74, 6) is 0. The molecule has 1 unspecified atom stereocenters. The molecular weight excluding hydrogens is 230 g/mol. The third-order valence-corrected chi connectivity index (χ3v) is 3.06. The van der Waals surface area contributed by atoms with Crippen molar-refractivity contribution in [2.24, 2.45) is 0 Å². The van der Waals surface area contributed by atoms with Crippen molar-refractivity contribution in [2.75, 3.05) is 26.2 Å². The van der Waals surface area contributed by atoms with Gasteiger partial charge in [0.25, 0.3) is 0 Å². The van der Waals surface area contributed by atoms with E-state index in [1.165, 1.54) is 0 Å². The normalized spacial score (nSPS) is 19.7. The number of carbonyl (C=O) groups is 1. The summed E-state index contributed by atoms with van der Waals surface area (Å²) in [5, 5.41) is 3.30. The zero-order valence-electron chi connectivity index (χ0n) is 10.8. The summed E-state index contributed by atoms with van der Waals surface area (Å²) in [7, 11) is 0. The Balaban J connectivity index is 2.17. The van der Waals surface area contributed by atoms with Crippen LogP contribution in [0.3, 0.4) is 0 Å². The van der Waals surface area contributed by atoms with Crippen molar-refractivity contribution < 1.29 is 9.53 Å². The highest BCUT2D eigenvalue weighted by molar-refractivity contribution is 5.68. The van der Waals surface area contributed by atoms with Crippen LogP contribution in [0.2, 0.25) is 0 Å². The molecule has 2 heterocycles. The van der Waals surface area contributed by atoms with E-state index in [0.717, 1.165) is 24.3 Å². The molecule has 2 rings (SSSR count). The lowest BCUT2D eigenvalue weighted by atomic mass is 10.1. The maximum atomic E-state index is 11.9. The minimum atomic E-state index is -0.246. The lowest BCUT2D eigenvalue weighted by molar-refractivity contribution is 0.0810. The molecule has 0 bridgehead atoms. The number of aromatic nitrogens is 1. The second-order valence-corrected chi connectivity index (χ2v) is 4.35. The van der Waals surface area contributed by atoms with Gasteiger partial charge in [0.1, 0.15) is 0 Å². The number of piperazine rings is 1. The largest absolute Gasteiger partial charge is 0.450 e. The molecule has 1 aliphatic heterocycles. The van der Waals surface area contributed by atoms with Crippen LogP contribution in [0.15, 0.2) is 18.3 Å². The SMILES string of the molecule is CCOC(=O)N1CCNCC1c1ccc(C)nc1. The summed E-state index contributed by atoms with van der Waals surface area (Å²) < 4.78 is 5.10. The summed E-state index contributed by atoms with van der Waals surface area (Å²) in [6.45, 7) is 6.38. The smallest absolute Gasteiger partial charge is 0.410 e. The molecule has 0 radical (unpaired) electrons. The first-order chi connectivity index (χ1) is 8.72. The Bertz CT molecular complexity index is 405. The predicted octanol–water partition coefficient (Wildman–Crippen LogP) is 1.49. The summed E-state index contributed by atoms with van der Waals surface area (Å²) in [4.78, 5) is 18.0. The Morgan fingerprint density at radius 1 is 1.61 bits per heavy atom. The van der Waals surface area contributed by atoms with Gasteiger partial charge in [0.2, 0.25) is 0 Å². The van der Waals surface area contributed by atoms with Gasteiger partial charge in [-0.25, -0.2) is 4.79 Å². The van der Waals surface area contributed by atoms with Crippen molar-refractivity contribution in [2.45, 2.75) is 19.9 Å². The molecule has 1 atom stereocenters. The number of amides is 1. The fourth-order valence-electron chi connectivity index (χ4n) is 2.10. The number of hydrogen-bond donors (Lipinski definition) is 1. The maximum absolute atomic E-state index is 11.9. The number of rotatable bonds is 2. The zero-order chi connectivity index (χ0) is 13.0. The first kappa shape index (κ1) is 12.8. The number of nitrogens with zero attached hydrogens (tertiary/aromatic N) is 2. The van der Waals surface area contributed by atoms with Gasteiger partial charge in [0, 0.05) is 31.5 Å². The van der Waals surface area contributed by atoms with E-state index in [1.54, 1.807) is 4.90 Å². The van der Waals surface area contributed by atoms with Gasteiger partial charge < -0.3 is 10.1 Å². The van der Waals surface area contributed by atoms with Crippen molar-refractivity contribution in [3.8, 4) is 0 Å². The second-order valence-electron chi connectivity index (χ2n) is 4.35. The zero-order valence-corrected chi connectivity index (χ0v) is 10.8. The standard InChI is InChI=1S/C13H19N3O2/c1-3-18-13(17)16-7-6-14-9-12(16)11-5-4-10(2)15-8-11/h4-5,8,12,14H,3,6-7,9H2,1-2H3. The van der Waals surface area contributed by atoms with Gasteiger partial charge in [0.15, 0.2) is 0 Å². The molecule has 1 aromatic heterocycles. The summed E-state index contributed by atoms with van der Waals surface area (Å²) in [6, 6.07) is 3.99. The number of pyridine rings is 1. The van der Waals surface area contributed by atoms with Gasteiger partial charge >= 0.3 is 6.09 Å². The fraction of sp³-hybridized carbons (Fsp3) is 0.538. The number of hydrogen-bond acceptors (Lipinski definition) is 4. The van der Waals surface area contributed by atoms with Gasteiger partial charge in [-0.2, -0.15) is 0 Å². The molecule has 1 fully saturated rings. The van der Waals surface area contributed by atoms with E-state index < -0.39 is 0 Å². The molecule has 1 amide bonds. The molecule has 0 aliphatic carbocycles. The number of carbonyl (C=O) groups excluding carboxylic acids is 1. The molecule has 18 heavy (non-hydrogen) atoms. The van der Waals surface area contributed by atoms with Gasteiger partial charge in [-0.1, -0.05) is 6.07 Å². The number of nitrogens with one attached hydrogen (secondary N) is 1. The molecule has 0 saturated carbocycles. The molecular formula is C13H19N3O2. The van der Waals surface area contributed by atoms with Crippen LogP contribution in [0.5, 0.6) is 0 Å². The van der Waals surface area contributed by atoms with Crippen molar-refractivity contribution in [1.29, 1.82) is 0 Å². The van der Waals surface area contributed by atoms with Crippen molar-refractivity contribution in [3.05, 3.63) is 29.6 Å². The van der Waals surface area contributed by atoms with E-state index in [1.807, 2.05) is 32.2 Å². The average molecular weight is 249 g/mol. The average Bonchev–Trinajstić information content (AvgIpc) is 2.40. The molecule has 1 aliphatic rings. The number of ether oxygens (including phenoxy) is 1. The second kappa shape index (κ2) is 5.82. The minimum Gasteiger partial charge on any atom is -0.450 e. The van der Waals surface area contributed by atoms with Crippen LogP contribution < -0.4 is 5.32 Å². The van der Waals surface area contributed by atoms with E-state index in [0.29, 0.717) is 13.2 Å². The summed E-state index contributed by atoms with van der Waals surface area (Å²) >= 11 is 0. The van der Waals surface area contributed by atoms with Crippen LogP contribution in [-0.2, 0) is 4.74 Å². The van der Waals surface area contributed by atoms with Crippen LogP contribution >= 0.6 is 0 Å². The first-order valence-corrected chi connectivity index (χ1v) is 6.29. The quantitative estimate of drug-likeness (QED) is 0.863. The van der Waals surface area contributed by atoms with Gasteiger partial charge in [-0.05, 0) is 25.5 Å². The predicted molar refractivity (Wildman–Crippen MR) is 68.3 cm³/mol. The molecule has 5 heteroatoms. The van der Waals surface area contributed by atoms with Crippen LogP contribution in [0.4, 0.5) is 4.79 Å². The first-order valence-electron chi connectivity index (χ1n) is 6.29. The molecule has 0 spiro atoms. The van der Waals surface area contributed by atoms with Crippen molar-refractivity contribution in [3.63, 3.8) is 0 Å². The van der Waals surface area contributed by atoms with Crippen LogP contribution in [0.1, 0.15) is 24.2 Å². The topological polar surface area (TPSA) is 54.5 Å². The third-order valence-electron chi connectivity index (χ3n) is 3.06. The Labute approximate surface area is 107 Å². The molecule has 1 aromatic rings. The highest BCUT2D eigenvalue weighted by atomic mass is 16.6. The lowest BCUT2D eigenvalue weighted by Crippen LogP contribution is -2.48. The monoisotopic (exact) mass is 249 g/mol. The lowest BCUT2D eigenvalue weighted by Gasteiger charge is -2.35.